The monoisotopic (exact) mass is 169 g/mol. The van der Waals surface area contributed by atoms with Crippen LogP contribution in [0.5, 0.6) is 0 Å². The van der Waals surface area contributed by atoms with Crippen LogP contribution in [-0.4, -0.2) is 35.5 Å². The van der Waals surface area contributed by atoms with Crippen LogP contribution < -0.4 is 0 Å². The van der Waals surface area contributed by atoms with Gasteiger partial charge in [-0.2, -0.15) is 0 Å². The van der Waals surface area contributed by atoms with E-state index in [0.29, 0.717) is 13.2 Å². The Kier molecular flexibility index (Phi) is 1.40. The summed E-state index contributed by atoms with van der Waals surface area (Å²) in [5, 5.41) is 0. The third-order valence-corrected chi connectivity index (χ3v) is 2.66. The summed E-state index contributed by atoms with van der Waals surface area (Å²) < 4.78 is 4.78. The summed E-state index contributed by atoms with van der Waals surface area (Å²) in [4.78, 5) is 23.9. The van der Waals surface area contributed by atoms with Crippen molar-refractivity contribution in [3.63, 3.8) is 0 Å². The van der Waals surface area contributed by atoms with Crippen molar-refractivity contribution in [1.29, 1.82) is 0 Å². The first-order valence-corrected chi connectivity index (χ1v) is 4.12. The Morgan fingerprint density at radius 1 is 1.58 bits per heavy atom. The molecule has 12 heavy (non-hydrogen) atoms. The molecule has 4 heteroatoms. The summed E-state index contributed by atoms with van der Waals surface area (Å²) >= 11 is 0. The van der Waals surface area contributed by atoms with E-state index in [1.807, 2.05) is 0 Å². The van der Waals surface area contributed by atoms with Gasteiger partial charge in [-0.05, 0) is 19.8 Å². The summed E-state index contributed by atoms with van der Waals surface area (Å²) in [6.07, 6.45) is 1.28. The number of carbonyl (C=O) groups excluding carboxylic acids is 2. The van der Waals surface area contributed by atoms with Crippen LogP contribution in [0.1, 0.15) is 19.8 Å². The third kappa shape index (κ3) is 0.838. The molecule has 2 aliphatic rings. The predicted octanol–water partition coefficient (Wildman–Crippen LogP) is 0.560. The van der Waals surface area contributed by atoms with E-state index in [4.69, 9.17) is 4.74 Å². The molecule has 1 aliphatic heterocycles. The molecule has 0 aromatic rings. The van der Waals surface area contributed by atoms with Crippen molar-refractivity contribution in [3.05, 3.63) is 0 Å². The SMILES string of the molecule is CC(=O)C1(N2CCOC2=O)CC1. The fourth-order valence-corrected chi connectivity index (χ4v) is 1.71. The number of ether oxygens (including phenoxy) is 1. The molecule has 1 heterocycles. The molecular formula is C8H11NO3. The fourth-order valence-electron chi connectivity index (χ4n) is 1.71. The van der Waals surface area contributed by atoms with E-state index in [2.05, 4.69) is 0 Å². The Morgan fingerprint density at radius 2 is 2.25 bits per heavy atom. The molecule has 0 unspecified atom stereocenters. The van der Waals surface area contributed by atoms with Gasteiger partial charge in [0.25, 0.3) is 0 Å². The summed E-state index contributed by atoms with van der Waals surface area (Å²) in [5.74, 6) is 0.0846. The van der Waals surface area contributed by atoms with Gasteiger partial charge >= 0.3 is 6.09 Å². The smallest absolute Gasteiger partial charge is 0.410 e. The Balaban J connectivity index is 2.18. The van der Waals surface area contributed by atoms with Gasteiger partial charge < -0.3 is 4.74 Å². The van der Waals surface area contributed by atoms with Crippen LogP contribution in [0.4, 0.5) is 4.79 Å². The minimum absolute atomic E-state index is 0.0846. The second-order valence-electron chi connectivity index (χ2n) is 3.35. The van der Waals surface area contributed by atoms with Gasteiger partial charge in [-0.3, -0.25) is 9.69 Å². The van der Waals surface area contributed by atoms with E-state index in [-0.39, 0.29) is 11.9 Å². The molecule has 0 bridgehead atoms. The lowest BCUT2D eigenvalue weighted by Crippen LogP contribution is -2.43. The molecule has 0 N–H and O–H groups in total. The van der Waals surface area contributed by atoms with Crippen molar-refractivity contribution in [3.8, 4) is 0 Å². The minimum atomic E-state index is -0.479. The van der Waals surface area contributed by atoms with Crippen LogP contribution in [-0.2, 0) is 9.53 Å². The van der Waals surface area contributed by atoms with Gasteiger partial charge in [-0.15, -0.1) is 0 Å². The highest BCUT2D eigenvalue weighted by atomic mass is 16.6. The second-order valence-corrected chi connectivity index (χ2v) is 3.35. The van der Waals surface area contributed by atoms with Crippen LogP contribution in [0.3, 0.4) is 0 Å². The lowest BCUT2D eigenvalue weighted by molar-refractivity contribution is -0.122. The lowest BCUT2D eigenvalue weighted by atomic mass is 10.1. The van der Waals surface area contributed by atoms with E-state index >= 15 is 0 Å². The molecule has 0 radical (unpaired) electrons. The molecule has 0 aromatic heterocycles. The van der Waals surface area contributed by atoms with Crippen LogP contribution in [0.25, 0.3) is 0 Å². The summed E-state index contributed by atoms with van der Waals surface area (Å²) in [7, 11) is 0. The number of cyclic esters (lactones) is 1. The van der Waals surface area contributed by atoms with E-state index in [1.165, 1.54) is 0 Å². The minimum Gasteiger partial charge on any atom is -0.448 e. The standard InChI is InChI=1S/C8H11NO3/c1-6(10)8(2-3-8)9-4-5-12-7(9)11/h2-5H2,1H3. The molecule has 0 atom stereocenters. The van der Waals surface area contributed by atoms with Crippen LogP contribution in [0.2, 0.25) is 0 Å². The molecule has 1 aliphatic carbocycles. The molecule has 2 fully saturated rings. The normalized spacial score (nSPS) is 25.4. The van der Waals surface area contributed by atoms with Gasteiger partial charge in [0, 0.05) is 0 Å². The maximum Gasteiger partial charge on any atom is 0.410 e. The summed E-state index contributed by atoms with van der Waals surface area (Å²) in [5.41, 5.74) is -0.479. The number of carbonyl (C=O) groups is 2. The molecule has 66 valence electrons. The molecule has 0 aromatic carbocycles. The van der Waals surface area contributed by atoms with Crippen molar-refractivity contribution in [2.45, 2.75) is 25.3 Å². The predicted molar refractivity (Wildman–Crippen MR) is 40.7 cm³/mol. The zero-order valence-corrected chi connectivity index (χ0v) is 7.00. The number of hydrogen-bond donors (Lipinski definition) is 0. The zero-order chi connectivity index (χ0) is 8.77. The van der Waals surface area contributed by atoms with E-state index in [9.17, 15) is 9.59 Å². The van der Waals surface area contributed by atoms with Gasteiger partial charge in [0.15, 0.2) is 5.78 Å². The highest BCUT2D eigenvalue weighted by Crippen LogP contribution is 2.43. The number of rotatable bonds is 2. The molecule has 4 nitrogen and oxygen atoms in total. The molecular weight excluding hydrogens is 158 g/mol. The van der Waals surface area contributed by atoms with E-state index in [1.54, 1.807) is 11.8 Å². The Bertz CT molecular complexity index is 245. The molecule has 1 saturated heterocycles. The Morgan fingerprint density at radius 3 is 2.58 bits per heavy atom. The topological polar surface area (TPSA) is 46.6 Å². The number of nitrogens with zero attached hydrogens (tertiary/aromatic N) is 1. The maximum absolute atomic E-state index is 11.2. The Labute approximate surface area is 70.5 Å². The highest BCUT2D eigenvalue weighted by Gasteiger charge is 2.56. The van der Waals surface area contributed by atoms with Crippen LogP contribution >= 0.6 is 0 Å². The highest BCUT2D eigenvalue weighted by molar-refractivity contribution is 5.93. The zero-order valence-electron chi connectivity index (χ0n) is 7.00. The number of amides is 1. The molecule has 0 spiro atoms. The number of hydrogen-bond acceptors (Lipinski definition) is 3. The largest absolute Gasteiger partial charge is 0.448 e. The molecule has 2 rings (SSSR count). The second kappa shape index (κ2) is 2.21. The number of ketones is 1. The van der Waals surface area contributed by atoms with E-state index < -0.39 is 5.54 Å². The first kappa shape index (κ1) is 7.58. The first-order valence-electron chi connectivity index (χ1n) is 4.12. The van der Waals surface area contributed by atoms with Gasteiger partial charge in [-0.1, -0.05) is 0 Å². The van der Waals surface area contributed by atoms with Crippen molar-refractivity contribution in [1.82, 2.24) is 4.90 Å². The quantitative estimate of drug-likeness (QED) is 0.606. The van der Waals surface area contributed by atoms with Gasteiger partial charge in [0.05, 0.1) is 6.54 Å². The van der Waals surface area contributed by atoms with Crippen molar-refractivity contribution in [2.75, 3.05) is 13.2 Å². The lowest BCUT2D eigenvalue weighted by Gasteiger charge is -2.21. The van der Waals surface area contributed by atoms with Crippen molar-refractivity contribution in [2.24, 2.45) is 0 Å². The third-order valence-electron chi connectivity index (χ3n) is 2.66. The average Bonchev–Trinajstić information content (AvgIpc) is 2.71. The fraction of sp³-hybridized carbons (Fsp3) is 0.750. The van der Waals surface area contributed by atoms with E-state index in [0.717, 1.165) is 12.8 Å². The van der Waals surface area contributed by atoms with Crippen molar-refractivity contribution >= 4 is 11.9 Å². The first-order chi connectivity index (χ1) is 5.67. The summed E-state index contributed by atoms with van der Waals surface area (Å²) in [6, 6.07) is 0. The summed E-state index contributed by atoms with van der Waals surface area (Å²) in [6.45, 7) is 2.53. The molecule has 1 amide bonds. The van der Waals surface area contributed by atoms with Gasteiger partial charge in [0.2, 0.25) is 0 Å². The maximum atomic E-state index is 11.2. The Hall–Kier alpha value is -1.06. The van der Waals surface area contributed by atoms with Crippen LogP contribution in [0, 0.1) is 0 Å². The van der Waals surface area contributed by atoms with Gasteiger partial charge in [-0.25, -0.2) is 4.79 Å². The van der Waals surface area contributed by atoms with Crippen molar-refractivity contribution < 1.29 is 14.3 Å². The van der Waals surface area contributed by atoms with Gasteiger partial charge in [0.1, 0.15) is 12.1 Å². The number of Topliss-reactive ketones (excluding diaryl/α,β-unsaturated/α-hetero) is 1. The average molecular weight is 169 g/mol. The molecule has 1 saturated carbocycles. The van der Waals surface area contributed by atoms with Crippen LogP contribution in [0.15, 0.2) is 0 Å².